The van der Waals surface area contributed by atoms with Gasteiger partial charge >= 0.3 is 0 Å². The van der Waals surface area contributed by atoms with Crippen LogP contribution in [0, 0.1) is 0 Å². The number of pyridine rings is 1. The van der Waals surface area contributed by atoms with Crippen molar-refractivity contribution in [2.75, 3.05) is 40.9 Å². The maximum atomic E-state index is 13.2. The highest BCUT2D eigenvalue weighted by atomic mass is 32.2. The Kier molecular flexibility index (Phi) is 14.3. The van der Waals surface area contributed by atoms with Gasteiger partial charge in [0, 0.05) is 35.9 Å². The molecule has 0 atom stereocenters. The molecule has 16 heteroatoms. The predicted octanol–water partition coefficient (Wildman–Crippen LogP) is 7.10. The molecule has 0 aliphatic rings. The van der Waals surface area contributed by atoms with Gasteiger partial charge in [0.15, 0.2) is 11.6 Å². The molecule has 0 aliphatic carbocycles. The van der Waals surface area contributed by atoms with Crippen molar-refractivity contribution in [3.8, 4) is 11.5 Å². The Morgan fingerprint density at radius 2 is 1.33 bits per heavy atom. The first kappa shape index (κ1) is 42.2. The Bertz CT molecular complexity index is 2600. The minimum absolute atomic E-state index is 0.207. The molecule has 3 heterocycles. The van der Waals surface area contributed by atoms with Crippen LogP contribution in [-0.4, -0.2) is 66.1 Å². The van der Waals surface area contributed by atoms with E-state index in [9.17, 15) is 18.0 Å². The quantitative estimate of drug-likeness (QED) is 0.0627. The summed E-state index contributed by atoms with van der Waals surface area (Å²) in [4.78, 5) is 29.8. The number of nitrogens with one attached hydrogen (secondary N) is 5. The Morgan fingerprint density at radius 3 is 1.97 bits per heavy atom. The molecular weight excluding hydrogens is 783 g/mol. The summed E-state index contributed by atoms with van der Waals surface area (Å²) in [5.41, 5.74) is 8.90. The number of aromatic amines is 2. The standard InChI is InChI=1S/C24H23N5O2.C20H22N4O4S/c1-31-22-11-5-7-18(15-22)12-13-21-16-23(27-26-21)29(28-20-9-3-2-4-10-20)24(30)19-8-6-14-25-17-19;1-28-16-7-5-6-14(12-16)10-11-15-13-19(23-22-15)21-20(25)17-8-3-4-9-18(17)24-29(2,26)27/h2-11,14-17,28H,12-13H2,1H3,(H,26,27);3-9,12-13,24H,10-11H2,1-2H3,(H2,21,22,23,25). The Balaban J connectivity index is 0.000000202. The summed E-state index contributed by atoms with van der Waals surface area (Å²) in [5, 5.41) is 18.6. The van der Waals surface area contributed by atoms with Crippen molar-refractivity contribution in [2.45, 2.75) is 25.7 Å². The Hall–Kier alpha value is -7.46. The first-order valence-electron chi connectivity index (χ1n) is 18.9. The van der Waals surface area contributed by atoms with E-state index in [2.05, 4.69) is 46.9 Å². The van der Waals surface area contributed by atoms with Crippen LogP contribution in [0.5, 0.6) is 11.5 Å². The summed E-state index contributed by atoms with van der Waals surface area (Å²) in [6.45, 7) is 0. The second-order valence-corrected chi connectivity index (χ2v) is 15.2. The number of anilines is 4. The van der Waals surface area contributed by atoms with Crippen molar-refractivity contribution in [3.63, 3.8) is 0 Å². The van der Waals surface area contributed by atoms with Crippen molar-refractivity contribution in [1.82, 2.24) is 25.4 Å². The lowest BCUT2D eigenvalue weighted by Crippen LogP contribution is -2.36. The molecule has 0 saturated heterocycles. The molecular formula is C44H45N9O6S. The van der Waals surface area contributed by atoms with Crippen LogP contribution in [0.25, 0.3) is 0 Å². The lowest BCUT2D eigenvalue weighted by Gasteiger charge is -2.22. The van der Waals surface area contributed by atoms with Crippen LogP contribution in [0.15, 0.2) is 140 Å². The Morgan fingerprint density at radius 1 is 0.700 bits per heavy atom. The number of benzene rings is 4. The summed E-state index contributed by atoms with van der Waals surface area (Å²) in [6.07, 6.45) is 7.28. The van der Waals surface area contributed by atoms with E-state index in [0.29, 0.717) is 23.6 Å². The fourth-order valence-corrected chi connectivity index (χ4v) is 6.56. The van der Waals surface area contributed by atoms with Crippen molar-refractivity contribution in [2.24, 2.45) is 0 Å². The highest BCUT2D eigenvalue weighted by molar-refractivity contribution is 7.92. The monoisotopic (exact) mass is 827 g/mol. The van der Waals surface area contributed by atoms with Gasteiger partial charge in [0.1, 0.15) is 11.5 Å². The van der Waals surface area contributed by atoms with E-state index >= 15 is 0 Å². The molecule has 0 bridgehead atoms. The molecule has 15 nitrogen and oxygen atoms in total. The van der Waals surface area contributed by atoms with Gasteiger partial charge in [-0.05, 0) is 97.5 Å². The van der Waals surface area contributed by atoms with E-state index in [1.807, 2.05) is 78.9 Å². The van der Waals surface area contributed by atoms with Crippen LogP contribution in [0.1, 0.15) is 43.2 Å². The van der Waals surface area contributed by atoms with E-state index in [1.54, 1.807) is 63.0 Å². The summed E-state index contributed by atoms with van der Waals surface area (Å²) in [5.74, 6) is 1.79. The third kappa shape index (κ3) is 12.3. The molecule has 0 saturated carbocycles. The summed E-state index contributed by atoms with van der Waals surface area (Å²) < 4.78 is 35.9. The average molecular weight is 828 g/mol. The molecule has 0 spiro atoms. The van der Waals surface area contributed by atoms with Gasteiger partial charge in [0.25, 0.3) is 11.8 Å². The van der Waals surface area contributed by atoms with Crippen LogP contribution < -0.4 is 29.9 Å². The number of amides is 2. The van der Waals surface area contributed by atoms with Gasteiger partial charge in [-0.2, -0.15) is 15.2 Å². The van der Waals surface area contributed by atoms with Crippen molar-refractivity contribution in [1.29, 1.82) is 0 Å². The van der Waals surface area contributed by atoms with Crippen molar-refractivity contribution < 1.29 is 27.5 Å². The number of carbonyl (C=O) groups excluding carboxylic acids is 2. The maximum Gasteiger partial charge on any atom is 0.279 e. The number of nitrogens with zero attached hydrogens (tertiary/aromatic N) is 4. The SMILES string of the molecule is COc1cccc(CCc2cc(N(Nc3ccccc3)C(=O)c3cccnc3)n[nH]2)c1.COc1cccc(CCc2cc(NC(=O)c3ccccc3NS(C)(=O)=O)n[nH]2)c1. The zero-order valence-electron chi connectivity index (χ0n) is 33.3. The smallest absolute Gasteiger partial charge is 0.279 e. The molecule has 60 heavy (non-hydrogen) atoms. The van der Waals surface area contributed by atoms with Gasteiger partial charge in [0.05, 0.1) is 43.0 Å². The molecule has 0 unspecified atom stereocenters. The van der Waals surface area contributed by atoms with Gasteiger partial charge in [-0.1, -0.05) is 54.6 Å². The molecule has 5 N–H and O–H groups in total. The number of rotatable bonds is 16. The van der Waals surface area contributed by atoms with Crippen LogP contribution in [0.4, 0.5) is 23.0 Å². The molecule has 0 aliphatic heterocycles. The maximum absolute atomic E-state index is 13.2. The zero-order chi connectivity index (χ0) is 42.3. The second-order valence-electron chi connectivity index (χ2n) is 13.5. The van der Waals surface area contributed by atoms with Crippen LogP contribution in [0.2, 0.25) is 0 Å². The molecule has 0 radical (unpaired) electrons. The van der Waals surface area contributed by atoms with E-state index in [1.165, 1.54) is 16.6 Å². The molecule has 7 rings (SSSR count). The van der Waals surface area contributed by atoms with Gasteiger partial charge < -0.3 is 14.8 Å². The van der Waals surface area contributed by atoms with Gasteiger partial charge in [-0.25, -0.2) is 8.42 Å². The van der Waals surface area contributed by atoms with Crippen molar-refractivity contribution in [3.05, 3.63) is 173 Å². The fourth-order valence-electron chi connectivity index (χ4n) is 5.99. The number of hydrazine groups is 1. The number of aryl methyl sites for hydroxylation is 4. The number of carbonyl (C=O) groups is 2. The van der Waals surface area contributed by atoms with Gasteiger partial charge in [-0.15, -0.1) is 0 Å². The third-order valence-electron chi connectivity index (χ3n) is 8.95. The molecule has 7 aromatic rings. The van der Waals surface area contributed by atoms with Crippen LogP contribution in [0.3, 0.4) is 0 Å². The number of H-pyrrole nitrogens is 2. The summed E-state index contributed by atoms with van der Waals surface area (Å²) in [6, 6.07) is 38.8. The van der Waals surface area contributed by atoms with E-state index in [4.69, 9.17) is 9.47 Å². The largest absolute Gasteiger partial charge is 0.497 e. The summed E-state index contributed by atoms with van der Waals surface area (Å²) in [7, 11) is -0.209. The Labute approximate surface area is 348 Å². The number of ether oxygens (including phenoxy) is 2. The number of sulfonamides is 1. The lowest BCUT2D eigenvalue weighted by molar-refractivity contribution is 0.0989. The van der Waals surface area contributed by atoms with Crippen LogP contribution >= 0.6 is 0 Å². The number of hydrogen-bond donors (Lipinski definition) is 5. The fraction of sp³-hybridized carbons (Fsp3) is 0.159. The van der Waals surface area contributed by atoms with Crippen LogP contribution in [-0.2, 0) is 35.7 Å². The van der Waals surface area contributed by atoms with Gasteiger partial charge in [0.2, 0.25) is 10.0 Å². The van der Waals surface area contributed by atoms with E-state index in [0.717, 1.165) is 59.7 Å². The number of hydrogen-bond acceptors (Lipinski definition) is 10. The average Bonchev–Trinajstić information content (AvgIpc) is 3.94. The van der Waals surface area contributed by atoms with E-state index in [-0.39, 0.29) is 17.2 Å². The molecule has 0 fully saturated rings. The molecule has 4 aromatic carbocycles. The first-order valence-corrected chi connectivity index (χ1v) is 20.7. The predicted molar refractivity (Wildman–Crippen MR) is 232 cm³/mol. The minimum Gasteiger partial charge on any atom is -0.497 e. The minimum atomic E-state index is -3.50. The second kappa shape index (κ2) is 20.3. The number of methoxy groups -OCH3 is 2. The number of para-hydroxylation sites is 2. The first-order chi connectivity index (χ1) is 29.1. The third-order valence-corrected chi connectivity index (χ3v) is 9.54. The topological polar surface area (TPSA) is 196 Å². The molecule has 3 aromatic heterocycles. The highest BCUT2D eigenvalue weighted by Gasteiger charge is 2.21. The van der Waals surface area contributed by atoms with Crippen molar-refractivity contribution >= 4 is 44.8 Å². The normalized spacial score (nSPS) is 10.8. The number of aromatic nitrogens is 5. The lowest BCUT2D eigenvalue weighted by atomic mass is 10.1. The summed E-state index contributed by atoms with van der Waals surface area (Å²) >= 11 is 0. The van der Waals surface area contributed by atoms with E-state index < -0.39 is 15.9 Å². The molecule has 2 amide bonds. The van der Waals surface area contributed by atoms with Gasteiger partial charge in [-0.3, -0.25) is 34.9 Å². The highest BCUT2D eigenvalue weighted by Crippen LogP contribution is 2.22. The zero-order valence-corrected chi connectivity index (χ0v) is 34.1. The molecule has 308 valence electrons.